The second-order valence-corrected chi connectivity index (χ2v) is 5.80. The molecule has 1 heterocycles. The summed E-state index contributed by atoms with van der Waals surface area (Å²) in [6.45, 7) is 0. The molecule has 116 valence electrons. The summed E-state index contributed by atoms with van der Waals surface area (Å²) in [6, 6.07) is 13.1. The Hall–Kier alpha value is -2.73. The van der Waals surface area contributed by atoms with Crippen LogP contribution in [0.25, 0.3) is 6.08 Å². The highest BCUT2D eigenvalue weighted by Gasteiger charge is 2.36. The number of carbonyl (C=O) groups excluding carboxylic acids is 2. The average Bonchev–Trinajstić information content (AvgIpc) is 2.83. The maximum Gasteiger partial charge on any atom is 0.298 e. The van der Waals surface area contributed by atoms with Gasteiger partial charge >= 0.3 is 0 Å². The van der Waals surface area contributed by atoms with Gasteiger partial charge in [-0.3, -0.25) is 9.59 Å². The lowest BCUT2D eigenvalue weighted by molar-refractivity contribution is -0.113. The Kier molecular flexibility index (Phi) is 4.08. The Labute approximate surface area is 137 Å². The van der Waals surface area contributed by atoms with Crippen molar-refractivity contribution in [2.45, 2.75) is 0 Å². The van der Waals surface area contributed by atoms with Gasteiger partial charge in [0.1, 0.15) is 11.5 Å². The second kappa shape index (κ2) is 6.18. The molecule has 2 aromatic carbocycles. The Balaban J connectivity index is 1.88. The van der Waals surface area contributed by atoms with Crippen molar-refractivity contribution in [2.75, 3.05) is 12.0 Å². The number of hydrogen-bond acceptors (Lipinski definition) is 5. The predicted octanol–water partition coefficient (Wildman–Crippen LogP) is 3.64. The standard InChI is InChI=1S/C17H13NO4S/c1-22-14-8-2-11(3-9-14)10-15-16(20)18(17(21)23-15)12-4-6-13(19)7-5-12/h2-10,19H,1H3. The number of rotatable bonds is 3. The fraction of sp³-hybridized carbons (Fsp3) is 0.0588. The normalized spacial score (nSPS) is 16.2. The SMILES string of the molecule is COc1ccc(C=C2SC(=O)N(c3ccc(O)cc3)C2=O)cc1. The number of ether oxygens (including phenoxy) is 1. The molecule has 1 N–H and O–H groups in total. The van der Waals surface area contributed by atoms with Crippen molar-refractivity contribution in [3.8, 4) is 11.5 Å². The summed E-state index contributed by atoms with van der Waals surface area (Å²) in [5.74, 6) is 0.426. The van der Waals surface area contributed by atoms with Crippen molar-refractivity contribution in [1.29, 1.82) is 0 Å². The highest BCUT2D eigenvalue weighted by atomic mass is 32.2. The molecule has 0 saturated carbocycles. The van der Waals surface area contributed by atoms with Crippen LogP contribution in [-0.2, 0) is 4.79 Å². The molecule has 0 aromatic heterocycles. The fourth-order valence-corrected chi connectivity index (χ4v) is 2.98. The summed E-state index contributed by atoms with van der Waals surface area (Å²) < 4.78 is 5.09. The number of phenolic OH excluding ortho intramolecular Hbond substituents is 1. The first-order valence-corrected chi connectivity index (χ1v) is 7.61. The van der Waals surface area contributed by atoms with Crippen molar-refractivity contribution < 1.29 is 19.4 Å². The van der Waals surface area contributed by atoms with Crippen molar-refractivity contribution in [3.05, 3.63) is 59.0 Å². The van der Waals surface area contributed by atoms with E-state index in [2.05, 4.69) is 0 Å². The number of imide groups is 1. The van der Waals surface area contributed by atoms with E-state index < -0.39 is 0 Å². The lowest BCUT2D eigenvalue weighted by Crippen LogP contribution is -2.27. The first kappa shape index (κ1) is 15.2. The number of nitrogens with zero attached hydrogens (tertiary/aromatic N) is 1. The molecule has 3 rings (SSSR count). The number of methoxy groups -OCH3 is 1. The van der Waals surface area contributed by atoms with Gasteiger partial charge in [-0.2, -0.15) is 0 Å². The zero-order valence-electron chi connectivity index (χ0n) is 12.2. The molecule has 23 heavy (non-hydrogen) atoms. The first-order chi connectivity index (χ1) is 11.1. The molecule has 1 saturated heterocycles. The number of phenols is 1. The second-order valence-electron chi connectivity index (χ2n) is 4.81. The van der Waals surface area contributed by atoms with Crippen LogP contribution < -0.4 is 9.64 Å². The van der Waals surface area contributed by atoms with Gasteiger partial charge in [-0.05, 0) is 59.8 Å². The highest BCUT2D eigenvalue weighted by Crippen LogP contribution is 2.36. The Morgan fingerprint density at radius 2 is 1.70 bits per heavy atom. The summed E-state index contributed by atoms with van der Waals surface area (Å²) >= 11 is 0.890. The van der Waals surface area contributed by atoms with E-state index in [4.69, 9.17) is 4.74 Å². The Bertz CT molecular complexity index is 781. The predicted molar refractivity (Wildman–Crippen MR) is 89.6 cm³/mol. The minimum atomic E-state index is -0.374. The van der Waals surface area contributed by atoms with Gasteiger partial charge < -0.3 is 9.84 Å². The molecule has 0 radical (unpaired) electrons. The number of benzene rings is 2. The van der Waals surface area contributed by atoms with Crippen LogP contribution >= 0.6 is 11.8 Å². The monoisotopic (exact) mass is 327 g/mol. The van der Waals surface area contributed by atoms with Crippen molar-refractivity contribution in [2.24, 2.45) is 0 Å². The number of amides is 2. The van der Waals surface area contributed by atoms with Crippen LogP contribution in [0.2, 0.25) is 0 Å². The van der Waals surface area contributed by atoms with Crippen LogP contribution in [0.4, 0.5) is 10.5 Å². The zero-order valence-corrected chi connectivity index (χ0v) is 13.0. The topological polar surface area (TPSA) is 66.8 Å². The van der Waals surface area contributed by atoms with Crippen molar-refractivity contribution >= 4 is 34.7 Å². The molecular weight excluding hydrogens is 314 g/mol. The number of carbonyl (C=O) groups is 2. The molecular formula is C17H13NO4S. The van der Waals surface area contributed by atoms with Gasteiger partial charge in [-0.15, -0.1) is 0 Å². The smallest absolute Gasteiger partial charge is 0.298 e. The van der Waals surface area contributed by atoms with E-state index in [1.54, 1.807) is 25.3 Å². The van der Waals surface area contributed by atoms with Crippen LogP contribution in [-0.4, -0.2) is 23.4 Å². The van der Waals surface area contributed by atoms with Gasteiger partial charge in [0.15, 0.2) is 0 Å². The molecule has 0 spiro atoms. The third-order valence-corrected chi connectivity index (χ3v) is 4.18. The van der Waals surface area contributed by atoms with Gasteiger partial charge in [-0.1, -0.05) is 12.1 Å². The quantitative estimate of drug-likeness (QED) is 0.872. The molecule has 1 fully saturated rings. The van der Waals surface area contributed by atoms with E-state index in [9.17, 15) is 14.7 Å². The molecule has 6 heteroatoms. The van der Waals surface area contributed by atoms with Crippen molar-refractivity contribution in [3.63, 3.8) is 0 Å². The summed E-state index contributed by atoms with van der Waals surface area (Å²) in [5.41, 5.74) is 1.24. The Morgan fingerprint density at radius 1 is 1.04 bits per heavy atom. The van der Waals surface area contributed by atoms with Gasteiger partial charge in [-0.25, -0.2) is 4.90 Å². The Morgan fingerprint density at radius 3 is 2.30 bits per heavy atom. The van der Waals surface area contributed by atoms with E-state index in [0.717, 1.165) is 28.0 Å². The van der Waals surface area contributed by atoms with E-state index in [0.29, 0.717) is 10.6 Å². The first-order valence-electron chi connectivity index (χ1n) is 6.79. The molecule has 0 bridgehead atoms. The summed E-state index contributed by atoms with van der Waals surface area (Å²) in [4.78, 5) is 26.0. The molecule has 5 nitrogen and oxygen atoms in total. The van der Waals surface area contributed by atoms with Crippen LogP contribution in [0.1, 0.15) is 5.56 Å². The lowest BCUT2D eigenvalue weighted by atomic mass is 10.2. The van der Waals surface area contributed by atoms with Crippen LogP contribution in [0, 0.1) is 0 Å². The molecule has 0 atom stereocenters. The fourth-order valence-electron chi connectivity index (χ4n) is 2.14. The van der Waals surface area contributed by atoms with Crippen LogP contribution in [0.5, 0.6) is 11.5 Å². The number of thioether (sulfide) groups is 1. The third kappa shape index (κ3) is 3.07. The largest absolute Gasteiger partial charge is 0.508 e. The molecule has 1 aliphatic heterocycles. The number of anilines is 1. The molecule has 0 unspecified atom stereocenters. The lowest BCUT2D eigenvalue weighted by Gasteiger charge is -2.12. The summed E-state index contributed by atoms with van der Waals surface area (Å²) in [7, 11) is 1.58. The zero-order chi connectivity index (χ0) is 16.4. The van der Waals surface area contributed by atoms with E-state index in [-0.39, 0.29) is 16.9 Å². The van der Waals surface area contributed by atoms with Gasteiger partial charge in [0.2, 0.25) is 0 Å². The van der Waals surface area contributed by atoms with E-state index in [1.165, 1.54) is 24.3 Å². The van der Waals surface area contributed by atoms with Crippen LogP contribution in [0.15, 0.2) is 53.4 Å². The maximum absolute atomic E-state index is 12.5. The minimum absolute atomic E-state index is 0.0782. The van der Waals surface area contributed by atoms with Gasteiger partial charge in [0.05, 0.1) is 17.7 Å². The number of aromatic hydroxyl groups is 1. The number of hydrogen-bond donors (Lipinski definition) is 1. The van der Waals surface area contributed by atoms with Crippen LogP contribution in [0.3, 0.4) is 0 Å². The third-order valence-electron chi connectivity index (χ3n) is 3.32. The highest BCUT2D eigenvalue weighted by molar-refractivity contribution is 8.19. The minimum Gasteiger partial charge on any atom is -0.508 e. The molecule has 1 aliphatic rings. The molecule has 2 amide bonds. The van der Waals surface area contributed by atoms with Crippen molar-refractivity contribution in [1.82, 2.24) is 0 Å². The van der Waals surface area contributed by atoms with E-state index in [1.807, 2.05) is 12.1 Å². The molecule has 0 aliphatic carbocycles. The molecule has 2 aromatic rings. The summed E-state index contributed by atoms with van der Waals surface area (Å²) in [5, 5.41) is 8.94. The maximum atomic E-state index is 12.5. The average molecular weight is 327 g/mol. The summed E-state index contributed by atoms with van der Waals surface area (Å²) in [6.07, 6.45) is 1.67. The van der Waals surface area contributed by atoms with E-state index >= 15 is 0 Å². The van der Waals surface area contributed by atoms with Gasteiger partial charge in [0.25, 0.3) is 11.1 Å². The van der Waals surface area contributed by atoms with Gasteiger partial charge in [0, 0.05) is 0 Å².